The van der Waals surface area contributed by atoms with Crippen LogP contribution in [0.2, 0.25) is 0 Å². The topological polar surface area (TPSA) is 93.7 Å². The molecule has 2 N–H and O–H groups in total. The van der Waals surface area contributed by atoms with Gasteiger partial charge in [-0.2, -0.15) is 0 Å². The molecule has 1 rings (SSSR count). The predicted octanol–water partition coefficient (Wildman–Crippen LogP) is 1.07. The van der Waals surface area contributed by atoms with Crippen LogP contribution in [-0.4, -0.2) is 38.7 Å². The fourth-order valence-electron chi connectivity index (χ4n) is 1.23. The van der Waals surface area contributed by atoms with Gasteiger partial charge in [0, 0.05) is 7.05 Å². The van der Waals surface area contributed by atoms with Gasteiger partial charge in [-0.3, -0.25) is 10.1 Å². The second-order valence-corrected chi connectivity index (χ2v) is 4.41. The lowest BCUT2D eigenvalue weighted by Gasteiger charge is -2.07. The zero-order valence-corrected chi connectivity index (χ0v) is 12.4. The smallest absolute Gasteiger partial charge is 0.338 e. The second-order valence-electron chi connectivity index (χ2n) is 3.55. The van der Waals surface area contributed by atoms with Crippen molar-refractivity contribution in [3.63, 3.8) is 0 Å². The van der Waals surface area contributed by atoms with Crippen molar-refractivity contribution in [1.82, 2.24) is 10.6 Å². The molecule has 108 valence electrons. The van der Waals surface area contributed by atoms with Gasteiger partial charge < -0.3 is 14.8 Å². The molecule has 0 saturated heterocycles. The summed E-state index contributed by atoms with van der Waals surface area (Å²) in [6, 6.07) is 3.93. The highest BCUT2D eigenvalue weighted by atomic mass is 79.9. The molecule has 0 saturated carbocycles. The van der Waals surface area contributed by atoms with Crippen LogP contribution in [0.1, 0.15) is 10.4 Å². The van der Waals surface area contributed by atoms with Crippen LogP contribution in [-0.2, 0) is 9.53 Å². The first-order chi connectivity index (χ1) is 9.47. The van der Waals surface area contributed by atoms with Crippen molar-refractivity contribution < 1.29 is 23.9 Å². The van der Waals surface area contributed by atoms with Crippen molar-refractivity contribution in [2.45, 2.75) is 0 Å². The number of methoxy groups -OCH3 is 1. The quantitative estimate of drug-likeness (QED) is 0.797. The van der Waals surface area contributed by atoms with Crippen molar-refractivity contribution >= 4 is 33.8 Å². The monoisotopic (exact) mass is 344 g/mol. The molecule has 7 nitrogen and oxygen atoms in total. The van der Waals surface area contributed by atoms with Crippen molar-refractivity contribution in [1.29, 1.82) is 0 Å². The van der Waals surface area contributed by atoms with Gasteiger partial charge in [-0.1, -0.05) is 0 Å². The molecule has 0 fully saturated rings. The normalized spacial score (nSPS) is 9.55. The van der Waals surface area contributed by atoms with Crippen LogP contribution < -0.4 is 15.4 Å². The number of esters is 1. The van der Waals surface area contributed by atoms with Gasteiger partial charge in [0.15, 0.2) is 6.61 Å². The summed E-state index contributed by atoms with van der Waals surface area (Å²) >= 11 is 3.23. The molecule has 0 bridgehead atoms. The van der Waals surface area contributed by atoms with Gasteiger partial charge >= 0.3 is 12.0 Å². The molecule has 1 aromatic carbocycles. The number of amides is 3. The summed E-state index contributed by atoms with van der Waals surface area (Å²) in [5.74, 6) is -0.829. The van der Waals surface area contributed by atoms with E-state index in [2.05, 4.69) is 21.2 Å². The predicted molar refractivity (Wildman–Crippen MR) is 73.6 cm³/mol. The summed E-state index contributed by atoms with van der Waals surface area (Å²) in [6.45, 7) is -0.546. The molecule has 0 unspecified atom stereocenters. The minimum atomic E-state index is -0.717. The van der Waals surface area contributed by atoms with E-state index in [0.29, 0.717) is 10.2 Å². The number of halogens is 1. The van der Waals surface area contributed by atoms with Gasteiger partial charge in [-0.05, 0) is 34.1 Å². The third-order valence-corrected chi connectivity index (χ3v) is 2.82. The summed E-state index contributed by atoms with van der Waals surface area (Å²) in [5, 5.41) is 4.17. The van der Waals surface area contributed by atoms with Crippen LogP contribution in [0.4, 0.5) is 4.79 Å². The van der Waals surface area contributed by atoms with E-state index in [1.54, 1.807) is 6.07 Å². The number of hydrogen-bond acceptors (Lipinski definition) is 5. The standard InChI is InChI=1S/C12H13BrN2O5/c1-14-12(18)15-10(16)6-20-11(17)7-3-4-9(19-2)8(13)5-7/h3-5H,6H2,1-2H3,(H2,14,15,16,18). The Morgan fingerprint density at radius 1 is 1.30 bits per heavy atom. The first kappa shape index (κ1) is 16.0. The molecular weight excluding hydrogens is 332 g/mol. The second kappa shape index (κ2) is 7.49. The molecule has 20 heavy (non-hydrogen) atoms. The average molecular weight is 345 g/mol. The summed E-state index contributed by atoms with van der Waals surface area (Å²) in [5.41, 5.74) is 0.255. The number of urea groups is 1. The van der Waals surface area contributed by atoms with E-state index in [-0.39, 0.29) is 5.56 Å². The Morgan fingerprint density at radius 3 is 2.55 bits per heavy atom. The highest BCUT2D eigenvalue weighted by molar-refractivity contribution is 9.10. The number of hydrogen-bond donors (Lipinski definition) is 2. The Bertz CT molecular complexity index is 533. The minimum absolute atomic E-state index is 0.255. The number of carbonyl (C=O) groups is 3. The largest absolute Gasteiger partial charge is 0.496 e. The molecule has 0 spiro atoms. The van der Waals surface area contributed by atoms with Crippen LogP contribution in [0.25, 0.3) is 0 Å². The highest BCUT2D eigenvalue weighted by Crippen LogP contribution is 2.25. The van der Waals surface area contributed by atoms with Crippen LogP contribution >= 0.6 is 15.9 Å². The Labute approximate surface area is 123 Å². The Morgan fingerprint density at radius 2 is 2.00 bits per heavy atom. The van der Waals surface area contributed by atoms with Crippen LogP contribution in [0.15, 0.2) is 22.7 Å². The van der Waals surface area contributed by atoms with E-state index >= 15 is 0 Å². The first-order valence-corrected chi connectivity index (χ1v) is 6.29. The molecular formula is C12H13BrN2O5. The zero-order chi connectivity index (χ0) is 15.1. The zero-order valence-electron chi connectivity index (χ0n) is 10.9. The van der Waals surface area contributed by atoms with Gasteiger partial charge in [-0.25, -0.2) is 9.59 Å². The SMILES string of the molecule is CNC(=O)NC(=O)COC(=O)c1ccc(OC)c(Br)c1. The molecule has 3 amide bonds. The molecule has 0 radical (unpaired) electrons. The number of imide groups is 1. The maximum absolute atomic E-state index is 11.7. The minimum Gasteiger partial charge on any atom is -0.496 e. The van der Waals surface area contributed by atoms with Crippen LogP contribution in [0, 0.1) is 0 Å². The number of benzene rings is 1. The maximum atomic E-state index is 11.7. The molecule has 0 aliphatic rings. The van der Waals surface area contributed by atoms with Gasteiger partial charge in [0.25, 0.3) is 5.91 Å². The Balaban J connectivity index is 2.57. The lowest BCUT2D eigenvalue weighted by molar-refractivity contribution is -0.123. The van der Waals surface area contributed by atoms with E-state index in [9.17, 15) is 14.4 Å². The number of rotatable bonds is 4. The molecule has 0 atom stereocenters. The van der Waals surface area contributed by atoms with Gasteiger partial charge in [-0.15, -0.1) is 0 Å². The summed E-state index contributed by atoms with van der Waals surface area (Å²) in [7, 11) is 2.87. The number of carbonyl (C=O) groups excluding carboxylic acids is 3. The molecule has 0 aromatic heterocycles. The third-order valence-electron chi connectivity index (χ3n) is 2.20. The lowest BCUT2D eigenvalue weighted by Crippen LogP contribution is -2.39. The number of nitrogens with one attached hydrogen (secondary N) is 2. The highest BCUT2D eigenvalue weighted by Gasteiger charge is 2.13. The van der Waals surface area contributed by atoms with Crippen molar-refractivity contribution in [3.8, 4) is 5.75 Å². The molecule has 0 aliphatic carbocycles. The molecule has 8 heteroatoms. The van der Waals surface area contributed by atoms with Crippen molar-refractivity contribution in [3.05, 3.63) is 28.2 Å². The summed E-state index contributed by atoms with van der Waals surface area (Å²) in [6.07, 6.45) is 0. The molecule has 1 aromatic rings. The maximum Gasteiger partial charge on any atom is 0.338 e. The summed E-state index contributed by atoms with van der Waals surface area (Å²) < 4.78 is 10.4. The fraction of sp³-hybridized carbons (Fsp3) is 0.250. The molecule has 0 aliphatic heterocycles. The van der Waals surface area contributed by atoms with E-state index in [4.69, 9.17) is 9.47 Å². The third kappa shape index (κ3) is 4.54. The van der Waals surface area contributed by atoms with Gasteiger partial charge in [0.05, 0.1) is 17.1 Å². The van der Waals surface area contributed by atoms with Gasteiger partial charge in [0.2, 0.25) is 0 Å². The summed E-state index contributed by atoms with van der Waals surface area (Å²) in [4.78, 5) is 33.8. The van der Waals surface area contributed by atoms with E-state index in [1.165, 1.54) is 26.3 Å². The molecule has 0 heterocycles. The lowest BCUT2D eigenvalue weighted by atomic mass is 10.2. The van der Waals surface area contributed by atoms with E-state index in [0.717, 1.165) is 0 Å². The fourth-order valence-corrected chi connectivity index (χ4v) is 1.77. The van der Waals surface area contributed by atoms with E-state index in [1.807, 2.05) is 5.32 Å². The number of ether oxygens (including phenoxy) is 2. The van der Waals surface area contributed by atoms with Crippen molar-refractivity contribution in [2.75, 3.05) is 20.8 Å². The Kier molecular flexibility index (Phi) is 5.98. The van der Waals surface area contributed by atoms with Gasteiger partial charge in [0.1, 0.15) is 5.75 Å². The average Bonchev–Trinajstić information content (AvgIpc) is 2.44. The first-order valence-electron chi connectivity index (χ1n) is 5.50. The van der Waals surface area contributed by atoms with Crippen LogP contribution in [0.5, 0.6) is 5.75 Å². The van der Waals surface area contributed by atoms with E-state index < -0.39 is 24.5 Å². The van der Waals surface area contributed by atoms with Crippen LogP contribution in [0.3, 0.4) is 0 Å². The van der Waals surface area contributed by atoms with Crippen molar-refractivity contribution in [2.24, 2.45) is 0 Å². The Hall–Kier alpha value is -2.09.